The fourth-order valence-electron chi connectivity index (χ4n) is 0.696. The molecule has 0 bridgehead atoms. The summed E-state index contributed by atoms with van der Waals surface area (Å²) in [5.74, 6) is 0. The fraction of sp³-hybridized carbons (Fsp3) is 0.500. The van der Waals surface area contributed by atoms with E-state index in [1.165, 1.54) is 11.3 Å². The van der Waals surface area contributed by atoms with Crippen LogP contribution in [0.4, 0.5) is 0 Å². The Balaban J connectivity index is 0.00000144. The molecule has 1 aromatic rings. The largest absolute Gasteiger partial charge is 1.00 e. The number of thiophene rings is 1. The Morgan fingerprint density at radius 1 is 1.38 bits per heavy atom. The molecular weight excluding hydrogens is 199 g/mol. The maximum atomic E-state index is 11.7. The van der Waals surface area contributed by atoms with Crippen molar-refractivity contribution in [3.05, 3.63) is 16.8 Å². The minimum Gasteiger partial charge on any atom is -0.302 e. The second-order valence-electron chi connectivity index (χ2n) is 3.50. The molecule has 0 radical (unpaired) electrons. The van der Waals surface area contributed by atoms with Gasteiger partial charge in [0.1, 0.15) is 0 Å². The molecule has 0 saturated carbocycles. The Labute approximate surface area is 95.5 Å². The third kappa shape index (κ3) is 2.60. The molecule has 0 saturated heterocycles. The average Bonchev–Trinajstić information content (AvgIpc) is 2.34. The molecular formula is C8H11LiO2S2. The minimum atomic E-state index is -3.18. The molecule has 0 aliphatic heterocycles. The minimum absolute atomic E-state index is 0. The normalized spacial score (nSPS) is 12.2. The van der Waals surface area contributed by atoms with E-state index < -0.39 is 14.6 Å². The molecule has 1 heterocycles. The maximum absolute atomic E-state index is 11.7. The molecule has 0 unspecified atom stereocenters. The zero-order chi connectivity index (χ0) is 9.41. The van der Waals surface area contributed by atoms with E-state index >= 15 is 0 Å². The van der Waals surface area contributed by atoms with Gasteiger partial charge in [-0.15, -0.1) is 5.38 Å². The van der Waals surface area contributed by atoms with Crippen molar-refractivity contribution in [3.63, 3.8) is 0 Å². The van der Waals surface area contributed by atoms with Gasteiger partial charge in [0.25, 0.3) is 0 Å². The van der Waals surface area contributed by atoms with Crippen LogP contribution in [0.5, 0.6) is 0 Å². The summed E-state index contributed by atoms with van der Waals surface area (Å²) in [5, 5.41) is 4.46. The zero-order valence-electron chi connectivity index (χ0n) is 8.29. The van der Waals surface area contributed by atoms with Crippen LogP contribution in [-0.4, -0.2) is 13.2 Å². The van der Waals surface area contributed by atoms with Crippen molar-refractivity contribution in [3.8, 4) is 0 Å². The van der Waals surface area contributed by atoms with E-state index in [2.05, 4.69) is 5.38 Å². The van der Waals surface area contributed by atoms with E-state index in [0.29, 0.717) is 4.90 Å². The first kappa shape index (κ1) is 13.2. The van der Waals surface area contributed by atoms with Crippen LogP contribution >= 0.6 is 11.3 Å². The van der Waals surface area contributed by atoms with Crippen molar-refractivity contribution in [2.75, 3.05) is 0 Å². The second-order valence-corrected chi connectivity index (χ2v) is 6.89. The molecule has 0 atom stereocenters. The number of sulfone groups is 1. The quantitative estimate of drug-likeness (QED) is 0.446. The molecule has 0 N–H and O–H groups in total. The van der Waals surface area contributed by atoms with Crippen molar-refractivity contribution in [1.82, 2.24) is 0 Å². The first-order valence-corrected chi connectivity index (χ1v) is 5.92. The predicted molar refractivity (Wildman–Crippen MR) is 50.1 cm³/mol. The molecule has 68 valence electrons. The third-order valence-corrected chi connectivity index (χ3v) is 4.71. The van der Waals surface area contributed by atoms with Gasteiger partial charge < -0.3 is 11.3 Å². The molecule has 2 nitrogen and oxygen atoms in total. The van der Waals surface area contributed by atoms with Gasteiger partial charge in [-0.3, -0.25) is 0 Å². The van der Waals surface area contributed by atoms with E-state index in [1.807, 2.05) is 0 Å². The maximum Gasteiger partial charge on any atom is 1.00 e. The average molecular weight is 210 g/mol. The van der Waals surface area contributed by atoms with Crippen molar-refractivity contribution in [1.29, 1.82) is 0 Å². The van der Waals surface area contributed by atoms with Crippen molar-refractivity contribution in [2.24, 2.45) is 0 Å². The van der Waals surface area contributed by atoms with Crippen LogP contribution in [0.1, 0.15) is 20.8 Å². The van der Waals surface area contributed by atoms with E-state index in [1.54, 1.807) is 32.2 Å². The van der Waals surface area contributed by atoms with Crippen molar-refractivity contribution >= 4 is 21.2 Å². The summed E-state index contributed by atoms with van der Waals surface area (Å²) < 4.78 is 22.6. The summed E-state index contributed by atoms with van der Waals surface area (Å²) in [5.41, 5.74) is 0. The summed E-state index contributed by atoms with van der Waals surface area (Å²) in [6.45, 7) is 5.07. The summed E-state index contributed by atoms with van der Waals surface area (Å²) in [4.78, 5) is 0.306. The summed E-state index contributed by atoms with van der Waals surface area (Å²) >= 11 is 1.28. The number of hydrogen-bond donors (Lipinski definition) is 0. The Hall–Kier alpha value is 0.247. The van der Waals surface area contributed by atoms with Gasteiger partial charge in [0, 0.05) is 0 Å². The molecule has 13 heavy (non-hydrogen) atoms. The van der Waals surface area contributed by atoms with Gasteiger partial charge in [-0.05, 0) is 25.7 Å². The SMILES string of the molecule is CC(C)(C)S(=O)(=O)c1[c-]scc1.[Li+]. The van der Waals surface area contributed by atoms with Gasteiger partial charge in [-0.2, -0.15) is 11.4 Å². The fourth-order valence-corrected chi connectivity index (χ4v) is 2.73. The van der Waals surface area contributed by atoms with Crippen LogP contribution < -0.4 is 18.9 Å². The van der Waals surface area contributed by atoms with Gasteiger partial charge in [0.2, 0.25) is 0 Å². The van der Waals surface area contributed by atoms with Crippen LogP contribution in [-0.2, 0) is 9.84 Å². The Kier molecular flexibility index (Phi) is 4.26. The Bertz CT molecular complexity index is 346. The van der Waals surface area contributed by atoms with Gasteiger partial charge >= 0.3 is 18.9 Å². The Morgan fingerprint density at radius 2 is 1.92 bits per heavy atom. The Morgan fingerprint density at radius 3 is 2.23 bits per heavy atom. The molecule has 1 aromatic heterocycles. The smallest absolute Gasteiger partial charge is 0.302 e. The standard InChI is InChI=1S/C8H11O2S2.Li/c1-8(2,3)12(9,10)7-4-5-11-6-7;/h4-5H,1-3H3;/q-1;+1. The first-order valence-electron chi connectivity index (χ1n) is 3.55. The van der Waals surface area contributed by atoms with E-state index in [-0.39, 0.29) is 18.9 Å². The molecule has 0 aliphatic carbocycles. The van der Waals surface area contributed by atoms with E-state index in [9.17, 15) is 8.42 Å². The predicted octanol–water partition coefficient (Wildman–Crippen LogP) is -0.876. The van der Waals surface area contributed by atoms with Gasteiger partial charge in [0.15, 0.2) is 9.84 Å². The molecule has 0 spiro atoms. The second kappa shape index (κ2) is 4.18. The van der Waals surface area contributed by atoms with Gasteiger partial charge in [-0.25, -0.2) is 8.42 Å². The molecule has 0 fully saturated rings. The first-order chi connectivity index (χ1) is 5.36. The molecule has 5 heteroatoms. The van der Waals surface area contributed by atoms with Gasteiger partial charge in [-0.1, -0.05) is 0 Å². The number of rotatable bonds is 1. The molecule has 1 rings (SSSR count). The van der Waals surface area contributed by atoms with Crippen LogP contribution in [0.3, 0.4) is 0 Å². The van der Waals surface area contributed by atoms with Crippen LogP contribution in [0.2, 0.25) is 0 Å². The molecule has 0 aliphatic rings. The number of hydrogen-bond acceptors (Lipinski definition) is 3. The van der Waals surface area contributed by atoms with Crippen LogP contribution in [0, 0.1) is 5.38 Å². The van der Waals surface area contributed by atoms with Crippen LogP contribution in [0.15, 0.2) is 16.3 Å². The third-order valence-electron chi connectivity index (χ3n) is 1.54. The van der Waals surface area contributed by atoms with Crippen molar-refractivity contribution < 1.29 is 27.3 Å². The van der Waals surface area contributed by atoms with Crippen molar-refractivity contribution in [2.45, 2.75) is 30.4 Å². The van der Waals surface area contributed by atoms with E-state index in [0.717, 1.165) is 0 Å². The topological polar surface area (TPSA) is 34.1 Å². The molecule has 0 aromatic carbocycles. The summed E-state index contributed by atoms with van der Waals surface area (Å²) in [7, 11) is -3.18. The zero-order valence-corrected chi connectivity index (χ0v) is 9.92. The van der Waals surface area contributed by atoms with Gasteiger partial charge in [0.05, 0.1) is 4.75 Å². The summed E-state index contributed by atoms with van der Waals surface area (Å²) in [6.07, 6.45) is 0. The van der Waals surface area contributed by atoms with Crippen LogP contribution in [0.25, 0.3) is 0 Å². The van der Waals surface area contributed by atoms with E-state index in [4.69, 9.17) is 0 Å². The molecule has 0 amide bonds. The summed E-state index contributed by atoms with van der Waals surface area (Å²) in [6, 6.07) is 1.59. The monoisotopic (exact) mass is 210 g/mol.